The molecule has 1 saturated heterocycles. The van der Waals surface area contributed by atoms with Gasteiger partial charge in [0.05, 0.1) is 35.4 Å². The Bertz CT molecular complexity index is 1010. The normalized spacial score (nSPS) is 16.8. The molecule has 168 valence electrons. The van der Waals surface area contributed by atoms with E-state index in [9.17, 15) is 19.7 Å². The van der Waals surface area contributed by atoms with Gasteiger partial charge in [0.2, 0.25) is 5.91 Å². The van der Waals surface area contributed by atoms with Gasteiger partial charge in [-0.05, 0) is 43.5 Å². The number of morpholine rings is 1. The third kappa shape index (κ3) is 5.05. The van der Waals surface area contributed by atoms with Crippen molar-refractivity contribution in [3.63, 3.8) is 0 Å². The minimum atomic E-state index is -0.502. The highest BCUT2D eigenvalue weighted by molar-refractivity contribution is 6.00. The number of carbonyl (C=O) groups is 2. The lowest BCUT2D eigenvalue weighted by Gasteiger charge is -2.30. The molecule has 1 heterocycles. The molecule has 1 atom stereocenters. The number of nitro groups is 1. The second-order valence-corrected chi connectivity index (χ2v) is 8.14. The molecule has 2 aliphatic rings. The first kappa shape index (κ1) is 21.8. The van der Waals surface area contributed by atoms with Crippen LogP contribution in [-0.4, -0.2) is 43.0 Å². The van der Waals surface area contributed by atoms with E-state index in [4.69, 9.17) is 4.74 Å². The highest BCUT2D eigenvalue weighted by atomic mass is 16.6. The average molecular weight is 438 g/mol. The number of anilines is 2. The standard InChI is InChI=1S/C23H26N4O5/c1-15(16-4-6-18(7-5-16)25-22(28)17-2-3-17)24-23(29)20-14-19(27(30)31)8-9-21(20)26-10-12-32-13-11-26/h4-9,14-15,17H,2-3,10-13H2,1H3,(H,24,29)(H,25,28). The smallest absolute Gasteiger partial charge is 0.270 e. The number of ether oxygens (including phenoxy) is 1. The largest absolute Gasteiger partial charge is 0.378 e. The zero-order chi connectivity index (χ0) is 22.7. The van der Waals surface area contributed by atoms with Gasteiger partial charge in [0.1, 0.15) is 0 Å². The van der Waals surface area contributed by atoms with Gasteiger partial charge in [0, 0.05) is 36.8 Å². The van der Waals surface area contributed by atoms with Crippen molar-refractivity contribution in [3.05, 3.63) is 63.7 Å². The van der Waals surface area contributed by atoms with E-state index in [1.54, 1.807) is 6.07 Å². The summed E-state index contributed by atoms with van der Waals surface area (Å²) < 4.78 is 5.38. The highest BCUT2D eigenvalue weighted by Gasteiger charge is 2.29. The fourth-order valence-electron chi connectivity index (χ4n) is 3.70. The maximum atomic E-state index is 13.1. The molecule has 1 saturated carbocycles. The van der Waals surface area contributed by atoms with E-state index in [0.717, 1.165) is 24.1 Å². The summed E-state index contributed by atoms with van der Waals surface area (Å²) in [5.74, 6) is -0.210. The van der Waals surface area contributed by atoms with Crippen LogP contribution in [0.2, 0.25) is 0 Å². The van der Waals surface area contributed by atoms with E-state index in [-0.39, 0.29) is 35.0 Å². The number of nitrogens with zero attached hydrogens (tertiary/aromatic N) is 2. The van der Waals surface area contributed by atoms with E-state index >= 15 is 0 Å². The first-order chi connectivity index (χ1) is 15.4. The van der Waals surface area contributed by atoms with Crippen LogP contribution in [0.4, 0.5) is 17.1 Å². The van der Waals surface area contributed by atoms with Gasteiger partial charge >= 0.3 is 0 Å². The fourth-order valence-corrected chi connectivity index (χ4v) is 3.70. The fraction of sp³-hybridized carbons (Fsp3) is 0.391. The van der Waals surface area contributed by atoms with Gasteiger partial charge in [-0.3, -0.25) is 19.7 Å². The molecule has 1 aliphatic heterocycles. The molecule has 2 fully saturated rings. The van der Waals surface area contributed by atoms with Crippen molar-refractivity contribution >= 4 is 28.9 Å². The summed E-state index contributed by atoms with van der Waals surface area (Å²) in [5.41, 5.74) is 2.37. The molecule has 9 nitrogen and oxygen atoms in total. The van der Waals surface area contributed by atoms with Crippen LogP contribution in [0, 0.1) is 16.0 Å². The number of nitro benzene ring substituents is 1. The van der Waals surface area contributed by atoms with Crippen molar-refractivity contribution in [2.75, 3.05) is 36.5 Å². The molecule has 2 aromatic carbocycles. The molecule has 2 aromatic rings. The lowest BCUT2D eigenvalue weighted by atomic mass is 10.1. The van der Waals surface area contributed by atoms with Crippen LogP contribution in [0.25, 0.3) is 0 Å². The first-order valence-corrected chi connectivity index (χ1v) is 10.7. The van der Waals surface area contributed by atoms with Gasteiger partial charge in [-0.15, -0.1) is 0 Å². The van der Waals surface area contributed by atoms with Crippen LogP contribution in [-0.2, 0) is 9.53 Å². The lowest BCUT2D eigenvalue weighted by molar-refractivity contribution is -0.384. The Morgan fingerprint density at radius 3 is 2.44 bits per heavy atom. The predicted octanol–water partition coefficient (Wildman–Crippen LogP) is 3.27. The Hall–Kier alpha value is -3.46. The van der Waals surface area contributed by atoms with Crippen molar-refractivity contribution in [1.29, 1.82) is 0 Å². The second-order valence-electron chi connectivity index (χ2n) is 8.14. The topological polar surface area (TPSA) is 114 Å². The molecule has 2 amide bonds. The number of benzene rings is 2. The Kier molecular flexibility index (Phi) is 6.36. The molecule has 0 aromatic heterocycles. The van der Waals surface area contributed by atoms with Crippen molar-refractivity contribution in [2.24, 2.45) is 5.92 Å². The average Bonchev–Trinajstić information content (AvgIpc) is 3.65. The van der Waals surface area contributed by atoms with E-state index in [2.05, 4.69) is 10.6 Å². The third-order valence-corrected chi connectivity index (χ3v) is 5.76. The number of non-ortho nitro benzene ring substituents is 1. The van der Waals surface area contributed by atoms with Crippen LogP contribution in [0.15, 0.2) is 42.5 Å². The summed E-state index contributed by atoms with van der Waals surface area (Å²) in [6.45, 7) is 4.15. The predicted molar refractivity (Wildman–Crippen MR) is 120 cm³/mol. The molecule has 0 spiro atoms. The summed E-state index contributed by atoms with van der Waals surface area (Å²) >= 11 is 0. The molecule has 32 heavy (non-hydrogen) atoms. The van der Waals surface area contributed by atoms with E-state index in [1.165, 1.54) is 12.1 Å². The zero-order valence-corrected chi connectivity index (χ0v) is 17.9. The highest BCUT2D eigenvalue weighted by Crippen LogP contribution is 2.30. The maximum absolute atomic E-state index is 13.1. The number of hydrogen-bond donors (Lipinski definition) is 2. The van der Waals surface area contributed by atoms with Gasteiger partial charge in [0.25, 0.3) is 11.6 Å². The molecule has 0 bridgehead atoms. The number of nitrogens with one attached hydrogen (secondary N) is 2. The second kappa shape index (κ2) is 9.35. The van der Waals surface area contributed by atoms with Crippen LogP contribution in [0.1, 0.15) is 41.7 Å². The Labute approximate surface area is 185 Å². The quantitative estimate of drug-likeness (QED) is 0.507. The van der Waals surface area contributed by atoms with Gasteiger partial charge in [0.15, 0.2) is 0 Å². The minimum Gasteiger partial charge on any atom is -0.378 e. The summed E-state index contributed by atoms with van der Waals surface area (Å²) in [6, 6.07) is 11.4. The van der Waals surface area contributed by atoms with E-state index in [1.807, 2.05) is 36.1 Å². The zero-order valence-electron chi connectivity index (χ0n) is 17.9. The van der Waals surface area contributed by atoms with Crippen LogP contribution in [0.3, 0.4) is 0 Å². The first-order valence-electron chi connectivity index (χ1n) is 10.7. The van der Waals surface area contributed by atoms with Crippen molar-refractivity contribution < 1.29 is 19.2 Å². The monoisotopic (exact) mass is 438 g/mol. The molecular weight excluding hydrogens is 412 g/mol. The van der Waals surface area contributed by atoms with Crippen LogP contribution >= 0.6 is 0 Å². The van der Waals surface area contributed by atoms with Crippen LogP contribution < -0.4 is 15.5 Å². The molecular formula is C23H26N4O5. The minimum absolute atomic E-state index is 0.0421. The van der Waals surface area contributed by atoms with Gasteiger partial charge in [-0.1, -0.05) is 12.1 Å². The number of rotatable bonds is 7. The van der Waals surface area contributed by atoms with Crippen LogP contribution in [0.5, 0.6) is 0 Å². The summed E-state index contributed by atoms with van der Waals surface area (Å²) in [5, 5.41) is 17.1. The lowest BCUT2D eigenvalue weighted by Crippen LogP contribution is -2.38. The molecule has 1 aliphatic carbocycles. The molecule has 4 rings (SSSR count). The van der Waals surface area contributed by atoms with Gasteiger partial charge in [-0.2, -0.15) is 0 Å². The summed E-state index contributed by atoms with van der Waals surface area (Å²) in [7, 11) is 0. The third-order valence-electron chi connectivity index (χ3n) is 5.76. The molecule has 9 heteroatoms. The Morgan fingerprint density at radius 2 is 1.81 bits per heavy atom. The number of hydrogen-bond acceptors (Lipinski definition) is 6. The summed E-state index contributed by atoms with van der Waals surface area (Å²) in [4.78, 5) is 37.8. The Morgan fingerprint density at radius 1 is 1.12 bits per heavy atom. The molecule has 0 radical (unpaired) electrons. The number of amides is 2. The SMILES string of the molecule is CC(NC(=O)c1cc([N+](=O)[O-])ccc1N1CCOCC1)c1ccc(NC(=O)C2CC2)cc1. The van der Waals surface area contributed by atoms with Crippen molar-refractivity contribution in [2.45, 2.75) is 25.8 Å². The van der Waals surface area contributed by atoms with Gasteiger partial charge in [-0.25, -0.2) is 0 Å². The summed E-state index contributed by atoms with van der Waals surface area (Å²) in [6.07, 6.45) is 1.88. The van der Waals surface area contributed by atoms with Crippen molar-refractivity contribution in [3.8, 4) is 0 Å². The Balaban J connectivity index is 1.48. The number of carbonyl (C=O) groups excluding carboxylic acids is 2. The molecule has 1 unspecified atom stereocenters. The van der Waals surface area contributed by atoms with Gasteiger partial charge < -0.3 is 20.3 Å². The van der Waals surface area contributed by atoms with E-state index in [0.29, 0.717) is 32.0 Å². The maximum Gasteiger partial charge on any atom is 0.270 e. The molecule has 2 N–H and O–H groups in total. The van der Waals surface area contributed by atoms with Crippen molar-refractivity contribution in [1.82, 2.24) is 5.32 Å². The van der Waals surface area contributed by atoms with E-state index < -0.39 is 4.92 Å².